The van der Waals surface area contributed by atoms with Gasteiger partial charge >= 0.3 is 0 Å². The van der Waals surface area contributed by atoms with Gasteiger partial charge in [0.1, 0.15) is 5.82 Å². The fourth-order valence-electron chi connectivity index (χ4n) is 2.31. The summed E-state index contributed by atoms with van der Waals surface area (Å²) < 4.78 is 0. The summed E-state index contributed by atoms with van der Waals surface area (Å²) in [6.45, 7) is 3.77. The van der Waals surface area contributed by atoms with Crippen molar-refractivity contribution in [2.75, 3.05) is 37.0 Å². The molecule has 1 atom stereocenters. The molecule has 2 heterocycles. The van der Waals surface area contributed by atoms with Crippen LogP contribution in [0.25, 0.3) is 0 Å². The van der Waals surface area contributed by atoms with E-state index in [9.17, 15) is 5.11 Å². The molecule has 5 nitrogen and oxygen atoms in total. The molecule has 0 amide bonds. The zero-order chi connectivity index (χ0) is 13.1. The number of aromatic nitrogens is 2. The van der Waals surface area contributed by atoms with Gasteiger partial charge in [-0.1, -0.05) is 0 Å². The summed E-state index contributed by atoms with van der Waals surface area (Å²) in [5, 5.41) is 9.67. The topological polar surface area (TPSA) is 52.5 Å². The number of aliphatic hydroxyl groups is 1. The Hall–Kier alpha value is -1.36. The SMILES string of the molecule is Cc1cnc(N2CCC[C@H](O)CC2)nc1N(C)C. The van der Waals surface area contributed by atoms with Crippen LogP contribution in [0.1, 0.15) is 24.8 Å². The van der Waals surface area contributed by atoms with E-state index >= 15 is 0 Å². The lowest BCUT2D eigenvalue weighted by molar-refractivity contribution is 0.161. The van der Waals surface area contributed by atoms with Gasteiger partial charge in [0.25, 0.3) is 0 Å². The van der Waals surface area contributed by atoms with Crippen LogP contribution in [-0.4, -0.2) is 48.4 Å². The molecule has 18 heavy (non-hydrogen) atoms. The minimum atomic E-state index is -0.172. The Morgan fingerprint density at radius 3 is 2.83 bits per heavy atom. The van der Waals surface area contributed by atoms with Crippen molar-refractivity contribution >= 4 is 11.8 Å². The van der Waals surface area contributed by atoms with Crippen molar-refractivity contribution in [3.63, 3.8) is 0 Å². The van der Waals surface area contributed by atoms with Gasteiger partial charge < -0.3 is 14.9 Å². The van der Waals surface area contributed by atoms with E-state index in [1.54, 1.807) is 0 Å². The van der Waals surface area contributed by atoms with E-state index in [2.05, 4.69) is 14.9 Å². The Bertz CT molecular complexity index is 408. The average Bonchev–Trinajstić information content (AvgIpc) is 2.54. The van der Waals surface area contributed by atoms with Crippen molar-refractivity contribution in [3.05, 3.63) is 11.8 Å². The molecule has 1 aliphatic rings. The van der Waals surface area contributed by atoms with E-state index in [0.717, 1.165) is 49.7 Å². The highest BCUT2D eigenvalue weighted by Crippen LogP contribution is 2.20. The van der Waals surface area contributed by atoms with Crippen LogP contribution in [0.2, 0.25) is 0 Å². The van der Waals surface area contributed by atoms with E-state index in [0.29, 0.717) is 0 Å². The standard InChI is InChI=1S/C13H22N4O/c1-10-9-14-13(15-12(10)16(2)3)17-7-4-5-11(18)6-8-17/h9,11,18H,4-8H2,1-3H3/t11-/m0/s1. The molecule has 1 aromatic heterocycles. The third kappa shape index (κ3) is 2.90. The van der Waals surface area contributed by atoms with Crippen LogP contribution >= 0.6 is 0 Å². The third-order valence-electron chi connectivity index (χ3n) is 3.34. The Labute approximate surface area is 108 Å². The maximum atomic E-state index is 9.67. The van der Waals surface area contributed by atoms with Gasteiger partial charge in [0, 0.05) is 38.9 Å². The first-order valence-electron chi connectivity index (χ1n) is 6.52. The largest absolute Gasteiger partial charge is 0.393 e. The maximum absolute atomic E-state index is 9.67. The van der Waals surface area contributed by atoms with Gasteiger partial charge in [-0.3, -0.25) is 0 Å². The number of aliphatic hydroxyl groups excluding tert-OH is 1. The monoisotopic (exact) mass is 250 g/mol. The summed E-state index contributed by atoms with van der Waals surface area (Å²) in [7, 11) is 3.98. The molecule has 1 fully saturated rings. The molecule has 0 unspecified atom stereocenters. The van der Waals surface area contributed by atoms with Gasteiger partial charge in [0.15, 0.2) is 0 Å². The highest BCUT2D eigenvalue weighted by Gasteiger charge is 2.18. The Balaban J connectivity index is 2.19. The van der Waals surface area contributed by atoms with Crippen LogP contribution < -0.4 is 9.80 Å². The molecular formula is C13H22N4O. The lowest BCUT2D eigenvalue weighted by Gasteiger charge is -2.22. The van der Waals surface area contributed by atoms with Gasteiger partial charge in [-0.15, -0.1) is 0 Å². The minimum Gasteiger partial charge on any atom is -0.393 e. The normalized spacial score (nSPS) is 20.7. The predicted octanol–water partition coefficient (Wildman–Crippen LogP) is 1.20. The molecule has 0 saturated carbocycles. The molecular weight excluding hydrogens is 228 g/mol. The summed E-state index contributed by atoms with van der Waals surface area (Å²) in [4.78, 5) is 13.2. The highest BCUT2D eigenvalue weighted by molar-refractivity contribution is 5.48. The summed E-state index contributed by atoms with van der Waals surface area (Å²) in [5.41, 5.74) is 1.08. The Morgan fingerprint density at radius 1 is 1.33 bits per heavy atom. The van der Waals surface area contributed by atoms with Gasteiger partial charge in [0.05, 0.1) is 6.10 Å². The molecule has 1 aromatic rings. The lowest BCUT2D eigenvalue weighted by atomic mass is 10.2. The Kier molecular flexibility index (Phi) is 4.01. The number of aryl methyl sites for hydroxylation is 1. The van der Waals surface area contributed by atoms with Gasteiger partial charge in [0.2, 0.25) is 5.95 Å². The van der Waals surface area contributed by atoms with Crippen molar-refractivity contribution in [2.45, 2.75) is 32.3 Å². The predicted molar refractivity (Wildman–Crippen MR) is 73.2 cm³/mol. The summed E-state index contributed by atoms with van der Waals surface area (Å²) >= 11 is 0. The summed E-state index contributed by atoms with van der Waals surface area (Å²) in [6.07, 6.45) is 4.38. The number of anilines is 2. The van der Waals surface area contributed by atoms with Gasteiger partial charge in [-0.25, -0.2) is 4.98 Å². The second-order valence-electron chi connectivity index (χ2n) is 5.14. The summed E-state index contributed by atoms with van der Waals surface area (Å²) in [5.74, 6) is 1.74. The van der Waals surface area contributed by atoms with Crippen LogP contribution in [0, 0.1) is 6.92 Å². The molecule has 0 spiro atoms. The molecule has 100 valence electrons. The first-order valence-corrected chi connectivity index (χ1v) is 6.52. The first-order chi connectivity index (χ1) is 8.58. The minimum absolute atomic E-state index is 0.172. The van der Waals surface area contributed by atoms with E-state index in [4.69, 9.17) is 0 Å². The van der Waals surface area contributed by atoms with Crippen LogP contribution in [0.5, 0.6) is 0 Å². The first kappa shape index (κ1) is 13.1. The molecule has 0 aromatic carbocycles. The second kappa shape index (κ2) is 5.52. The van der Waals surface area contributed by atoms with Crippen LogP contribution in [-0.2, 0) is 0 Å². The molecule has 0 aliphatic carbocycles. The van der Waals surface area contributed by atoms with E-state index in [1.807, 2.05) is 32.1 Å². The fourth-order valence-corrected chi connectivity index (χ4v) is 2.31. The zero-order valence-electron chi connectivity index (χ0n) is 11.4. The smallest absolute Gasteiger partial charge is 0.227 e. The lowest BCUT2D eigenvalue weighted by Crippen LogP contribution is -2.27. The maximum Gasteiger partial charge on any atom is 0.227 e. The van der Waals surface area contributed by atoms with E-state index in [1.165, 1.54) is 0 Å². The van der Waals surface area contributed by atoms with Gasteiger partial charge in [-0.2, -0.15) is 4.98 Å². The average molecular weight is 250 g/mol. The van der Waals surface area contributed by atoms with Crippen LogP contribution in [0.4, 0.5) is 11.8 Å². The van der Waals surface area contributed by atoms with Crippen molar-refractivity contribution in [3.8, 4) is 0 Å². The van der Waals surface area contributed by atoms with Crippen molar-refractivity contribution in [1.82, 2.24) is 9.97 Å². The highest BCUT2D eigenvalue weighted by atomic mass is 16.3. The Morgan fingerprint density at radius 2 is 2.11 bits per heavy atom. The molecule has 0 radical (unpaired) electrons. The number of rotatable bonds is 2. The third-order valence-corrected chi connectivity index (χ3v) is 3.34. The molecule has 2 rings (SSSR count). The molecule has 1 aliphatic heterocycles. The fraction of sp³-hybridized carbons (Fsp3) is 0.692. The van der Waals surface area contributed by atoms with Crippen molar-refractivity contribution < 1.29 is 5.11 Å². The second-order valence-corrected chi connectivity index (χ2v) is 5.14. The quantitative estimate of drug-likeness (QED) is 0.855. The van der Waals surface area contributed by atoms with E-state index in [-0.39, 0.29) is 6.10 Å². The number of hydrogen-bond donors (Lipinski definition) is 1. The molecule has 5 heteroatoms. The number of hydrogen-bond acceptors (Lipinski definition) is 5. The molecule has 1 saturated heterocycles. The van der Waals surface area contributed by atoms with Crippen molar-refractivity contribution in [1.29, 1.82) is 0 Å². The van der Waals surface area contributed by atoms with Crippen LogP contribution in [0.3, 0.4) is 0 Å². The zero-order valence-corrected chi connectivity index (χ0v) is 11.4. The molecule has 1 N–H and O–H groups in total. The van der Waals surface area contributed by atoms with Crippen LogP contribution in [0.15, 0.2) is 6.20 Å². The van der Waals surface area contributed by atoms with Crippen molar-refractivity contribution in [2.24, 2.45) is 0 Å². The number of nitrogens with zero attached hydrogens (tertiary/aromatic N) is 4. The molecule has 0 bridgehead atoms. The summed E-state index contributed by atoms with van der Waals surface area (Å²) in [6, 6.07) is 0. The van der Waals surface area contributed by atoms with E-state index < -0.39 is 0 Å². The van der Waals surface area contributed by atoms with Gasteiger partial charge in [-0.05, 0) is 26.2 Å².